The Morgan fingerprint density at radius 2 is 1.56 bits per heavy atom. The van der Waals surface area contributed by atoms with Gasteiger partial charge in [0.1, 0.15) is 8.83 Å². The molecule has 2 fully saturated rings. The lowest BCUT2D eigenvalue weighted by Gasteiger charge is -2.08. The van der Waals surface area contributed by atoms with Crippen molar-refractivity contribution in [3.63, 3.8) is 0 Å². The van der Waals surface area contributed by atoms with E-state index in [9.17, 15) is 0 Å². The highest BCUT2D eigenvalue weighted by Crippen LogP contribution is 2.52. The van der Waals surface area contributed by atoms with Crippen LogP contribution in [0.3, 0.4) is 0 Å². The van der Waals surface area contributed by atoms with Crippen molar-refractivity contribution >= 4 is 19.9 Å². The number of hydrogen-bond donors (Lipinski definition) is 0. The standard InChI is InChI=1S/C7H13ClSi/c8-9-7(5-1-2-5)6-3-4-6/h5-7H,1-4,9H2. The molecule has 0 bridgehead atoms. The Balaban J connectivity index is 1.85. The number of rotatable bonds is 3. The van der Waals surface area contributed by atoms with Gasteiger partial charge in [0, 0.05) is 0 Å². The van der Waals surface area contributed by atoms with Crippen LogP contribution in [0.25, 0.3) is 0 Å². The molecule has 0 saturated heterocycles. The molecule has 9 heavy (non-hydrogen) atoms. The van der Waals surface area contributed by atoms with Crippen LogP contribution in [0.5, 0.6) is 0 Å². The lowest BCUT2D eigenvalue weighted by atomic mass is 10.2. The van der Waals surface area contributed by atoms with Crippen molar-refractivity contribution in [3.05, 3.63) is 0 Å². The van der Waals surface area contributed by atoms with Gasteiger partial charge in [-0.05, 0) is 17.4 Å². The molecule has 0 radical (unpaired) electrons. The fourth-order valence-electron chi connectivity index (χ4n) is 1.69. The van der Waals surface area contributed by atoms with Gasteiger partial charge < -0.3 is 0 Å². The third-order valence-electron chi connectivity index (χ3n) is 2.63. The van der Waals surface area contributed by atoms with Gasteiger partial charge in [0.15, 0.2) is 0 Å². The van der Waals surface area contributed by atoms with Crippen LogP contribution in [-0.2, 0) is 0 Å². The number of halogens is 1. The van der Waals surface area contributed by atoms with Gasteiger partial charge in [-0.2, -0.15) is 11.1 Å². The summed E-state index contributed by atoms with van der Waals surface area (Å²) in [6.07, 6.45) is 6.00. The van der Waals surface area contributed by atoms with Crippen LogP contribution in [0.4, 0.5) is 0 Å². The second-order valence-electron chi connectivity index (χ2n) is 3.49. The van der Waals surface area contributed by atoms with Crippen molar-refractivity contribution in [1.29, 1.82) is 0 Å². The molecule has 0 aliphatic heterocycles. The van der Waals surface area contributed by atoms with Crippen molar-refractivity contribution in [2.45, 2.75) is 31.2 Å². The van der Waals surface area contributed by atoms with Gasteiger partial charge in [-0.3, -0.25) is 0 Å². The maximum atomic E-state index is 5.98. The molecule has 2 saturated carbocycles. The van der Waals surface area contributed by atoms with Crippen molar-refractivity contribution in [3.8, 4) is 0 Å². The SMILES string of the molecule is Cl[SiH2]C(C1CC1)C1CC1. The molecule has 0 unspecified atom stereocenters. The first-order valence-corrected chi connectivity index (χ1v) is 6.93. The fourth-order valence-corrected chi connectivity index (χ4v) is 4.64. The van der Waals surface area contributed by atoms with Crippen LogP contribution in [-0.4, -0.2) is 8.83 Å². The largest absolute Gasteiger partial charge is 0.176 e. The second-order valence-corrected chi connectivity index (χ2v) is 5.67. The Hall–Kier alpha value is 0.507. The highest BCUT2D eigenvalue weighted by atomic mass is 35.6. The molecule has 0 atom stereocenters. The molecule has 2 aliphatic rings. The molecule has 0 aromatic heterocycles. The minimum atomic E-state index is -0.170. The number of hydrogen-bond acceptors (Lipinski definition) is 0. The predicted molar refractivity (Wildman–Crippen MR) is 43.6 cm³/mol. The Morgan fingerprint density at radius 3 is 1.78 bits per heavy atom. The van der Waals surface area contributed by atoms with E-state index in [-0.39, 0.29) is 8.83 Å². The zero-order valence-electron chi connectivity index (χ0n) is 5.65. The summed E-state index contributed by atoms with van der Waals surface area (Å²) in [5, 5.41) is 0. The zero-order chi connectivity index (χ0) is 6.27. The quantitative estimate of drug-likeness (QED) is 0.437. The van der Waals surface area contributed by atoms with Gasteiger partial charge >= 0.3 is 0 Å². The molecular formula is C7H13ClSi. The zero-order valence-corrected chi connectivity index (χ0v) is 7.82. The maximum Gasteiger partial charge on any atom is 0.128 e. The first kappa shape index (κ1) is 6.23. The topological polar surface area (TPSA) is 0 Å². The summed E-state index contributed by atoms with van der Waals surface area (Å²) in [4.78, 5) is 0. The summed E-state index contributed by atoms with van der Waals surface area (Å²) in [6, 6.07) is 0. The first-order valence-electron chi connectivity index (χ1n) is 3.98. The molecule has 52 valence electrons. The van der Waals surface area contributed by atoms with Crippen LogP contribution in [0.1, 0.15) is 25.7 Å². The Morgan fingerprint density at radius 1 is 1.11 bits per heavy atom. The molecule has 2 aliphatic carbocycles. The van der Waals surface area contributed by atoms with Gasteiger partial charge in [0.25, 0.3) is 0 Å². The molecule has 0 aromatic carbocycles. The minimum absolute atomic E-state index is 0.170. The van der Waals surface area contributed by atoms with Crippen LogP contribution in [0, 0.1) is 11.8 Å². The molecule has 0 heterocycles. The summed E-state index contributed by atoms with van der Waals surface area (Å²) in [7, 11) is -0.170. The van der Waals surface area contributed by atoms with Crippen LogP contribution >= 0.6 is 11.1 Å². The van der Waals surface area contributed by atoms with E-state index in [1.807, 2.05) is 0 Å². The van der Waals surface area contributed by atoms with E-state index in [1.165, 1.54) is 25.7 Å². The van der Waals surface area contributed by atoms with Crippen molar-refractivity contribution in [1.82, 2.24) is 0 Å². The summed E-state index contributed by atoms with van der Waals surface area (Å²) >= 11 is 5.98. The van der Waals surface area contributed by atoms with Gasteiger partial charge in [-0.1, -0.05) is 25.7 Å². The molecule has 0 N–H and O–H groups in total. The molecule has 0 nitrogen and oxygen atoms in total. The molecule has 2 rings (SSSR count). The van der Waals surface area contributed by atoms with Gasteiger partial charge in [-0.15, -0.1) is 0 Å². The second kappa shape index (κ2) is 2.28. The predicted octanol–water partition coefficient (Wildman–Crippen LogP) is 1.92. The first-order chi connectivity index (χ1) is 4.42. The average Bonchev–Trinajstić information content (AvgIpc) is 2.61. The third-order valence-corrected chi connectivity index (χ3v) is 5.39. The monoisotopic (exact) mass is 160 g/mol. The van der Waals surface area contributed by atoms with Gasteiger partial charge in [0.05, 0.1) is 0 Å². The lowest BCUT2D eigenvalue weighted by Crippen LogP contribution is -2.02. The third kappa shape index (κ3) is 1.32. The molecule has 0 amide bonds. The van der Waals surface area contributed by atoms with Crippen molar-refractivity contribution in [2.24, 2.45) is 11.8 Å². The molecule has 0 aromatic rings. The van der Waals surface area contributed by atoms with Crippen molar-refractivity contribution < 1.29 is 0 Å². The van der Waals surface area contributed by atoms with E-state index in [0.29, 0.717) is 0 Å². The molecule has 0 spiro atoms. The van der Waals surface area contributed by atoms with E-state index in [1.54, 1.807) is 0 Å². The van der Waals surface area contributed by atoms with E-state index in [2.05, 4.69) is 0 Å². The van der Waals surface area contributed by atoms with Gasteiger partial charge in [0.2, 0.25) is 0 Å². The Kier molecular flexibility index (Phi) is 1.58. The van der Waals surface area contributed by atoms with E-state index < -0.39 is 0 Å². The van der Waals surface area contributed by atoms with Crippen LogP contribution < -0.4 is 0 Å². The Bertz CT molecular complexity index is 95.5. The summed E-state index contributed by atoms with van der Waals surface area (Å²) in [6.45, 7) is 0. The fraction of sp³-hybridized carbons (Fsp3) is 1.00. The lowest BCUT2D eigenvalue weighted by molar-refractivity contribution is 0.648. The average molecular weight is 161 g/mol. The van der Waals surface area contributed by atoms with E-state index >= 15 is 0 Å². The van der Waals surface area contributed by atoms with Crippen LogP contribution in [0.15, 0.2) is 0 Å². The highest BCUT2D eigenvalue weighted by Gasteiger charge is 2.40. The smallest absolute Gasteiger partial charge is 0.128 e. The summed E-state index contributed by atoms with van der Waals surface area (Å²) in [5.74, 6) is 2.20. The van der Waals surface area contributed by atoms with E-state index in [0.717, 1.165) is 17.4 Å². The maximum absolute atomic E-state index is 5.98. The normalized spacial score (nSPS) is 28.7. The Labute approximate surface area is 63.5 Å². The van der Waals surface area contributed by atoms with Crippen LogP contribution in [0.2, 0.25) is 5.54 Å². The van der Waals surface area contributed by atoms with Gasteiger partial charge in [-0.25, -0.2) is 0 Å². The van der Waals surface area contributed by atoms with E-state index in [4.69, 9.17) is 11.1 Å². The molecule has 2 heteroatoms. The van der Waals surface area contributed by atoms with Crippen molar-refractivity contribution in [2.75, 3.05) is 0 Å². The highest BCUT2D eigenvalue weighted by molar-refractivity contribution is 6.94. The summed E-state index contributed by atoms with van der Waals surface area (Å²) < 4.78 is 0. The summed E-state index contributed by atoms with van der Waals surface area (Å²) in [5.41, 5.74) is 1.05. The molecular weight excluding hydrogens is 148 g/mol. The minimum Gasteiger partial charge on any atom is -0.176 e.